The lowest BCUT2D eigenvalue weighted by Crippen LogP contribution is -2.27. The number of benzene rings is 1. The molecular weight excluding hydrogens is 224 g/mol. The van der Waals surface area contributed by atoms with Crippen LogP contribution >= 0.6 is 0 Å². The molecule has 18 heavy (non-hydrogen) atoms. The van der Waals surface area contributed by atoms with Crippen molar-refractivity contribution in [2.45, 2.75) is 39.7 Å². The average molecular weight is 250 g/mol. The third kappa shape index (κ3) is 3.39. The zero-order valence-electron chi connectivity index (χ0n) is 12.1. The van der Waals surface area contributed by atoms with Gasteiger partial charge in [0, 0.05) is 30.4 Å². The molecule has 0 spiro atoms. The van der Waals surface area contributed by atoms with Crippen molar-refractivity contribution in [3.8, 4) is 5.75 Å². The molecule has 3 nitrogen and oxygen atoms in total. The van der Waals surface area contributed by atoms with E-state index in [1.807, 2.05) is 19.1 Å². The molecule has 0 aromatic heterocycles. The van der Waals surface area contributed by atoms with E-state index in [9.17, 15) is 0 Å². The Kier molecular flexibility index (Phi) is 5.99. The fraction of sp³-hybridized carbons (Fsp3) is 0.600. The van der Waals surface area contributed by atoms with Crippen LogP contribution in [0.4, 0.5) is 5.69 Å². The van der Waals surface area contributed by atoms with Crippen LogP contribution in [0, 0.1) is 0 Å². The molecule has 1 aromatic carbocycles. The van der Waals surface area contributed by atoms with E-state index < -0.39 is 0 Å². The average Bonchev–Trinajstić information content (AvgIpc) is 2.37. The molecule has 2 N–H and O–H groups in total. The third-order valence-electron chi connectivity index (χ3n) is 3.05. The highest BCUT2D eigenvalue weighted by Gasteiger charge is 2.17. The second kappa shape index (κ2) is 7.27. The lowest BCUT2D eigenvalue weighted by molar-refractivity contribution is 0.407. The molecule has 0 saturated heterocycles. The highest BCUT2D eigenvalue weighted by Crippen LogP contribution is 2.33. The van der Waals surface area contributed by atoms with E-state index in [1.54, 1.807) is 7.11 Å². The Bertz CT molecular complexity index is 358. The number of rotatable bonds is 7. The van der Waals surface area contributed by atoms with E-state index in [1.165, 1.54) is 5.69 Å². The highest BCUT2D eigenvalue weighted by atomic mass is 16.5. The van der Waals surface area contributed by atoms with Crippen LogP contribution in [-0.4, -0.2) is 20.2 Å². The Morgan fingerprint density at radius 1 is 1.22 bits per heavy atom. The molecule has 0 radical (unpaired) electrons. The van der Waals surface area contributed by atoms with Gasteiger partial charge >= 0.3 is 0 Å². The predicted octanol–water partition coefficient (Wildman–Crippen LogP) is 3.34. The van der Waals surface area contributed by atoms with Crippen LogP contribution in [0.5, 0.6) is 5.75 Å². The molecule has 1 aromatic rings. The van der Waals surface area contributed by atoms with Gasteiger partial charge in [0.1, 0.15) is 5.75 Å². The number of nitrogens with two attached hydrogens (primary N) is 1. The molecule has 0 fully saturated rings. The van der Waals surface area contributed by atoms with Gasteiger partial charge in [0.25, 0.3) is 0 Å². The molecule has 0 heterocycles. The summed E-state index contributed by atoms with van der Waals surface area (Å²) >= 11 is 0. The quantitative estimate of drug-likeness (QED) is 0.806. The molecule has 1 rings (SSSR count). The lowest BCUT2D eigenvalue weighted by Gasteiger charge is -2.28. The van der Waals surface area contributed by atoms with Crippen molar-refractivity contribution in [3.63, 3.8) is 0 Å². The zero-order chi connectivity index (χ0) is 13.5. The van der Waals surface area contributed by atoms with Gasteiger partial charge in [0.15, 0.2) is 0 Å². The molecule has 0 aliphatic heterocycles. The zero-order valence-corrected chi connectivity index (χ0v) is 12.1. The fourth-order valence-corrected chi connectivity index (χ4v) is 2.34. The second-order valence-corrected chi connectivity index (χ2v) is 4.67. The van der Waals surface area contributed by atoms with E-state index in [0.29, 0.717) is 0 Å². The summed E-state index contributed by atoms with van der Waals surface area (Å²) in [4.78, 5) is 2.40. The van der Waals surface area contributed by atoms with Gasteiger partial charge in [0.05, 0.1) is 7.11 Å². The van der Waals surface area contributed by atoms with Crippen LogP contribution in [0.2, 0.25) is 0 Å². The van der Waals surface area contributed by atoms with Crippen LogP contribution in [0.3, 0.4) is 0 Å². The van der Waals surface area contributed by atoms with Crippen LogP contribution in [-0.2, 0) is 0 Å². The summed E-state index contributed by atoms with van der Waals surface area (Å²) in [5.74, 6) is 0.889. The van der Waals surface area contributed by atoms with E-state index in [4.69, 9.17) is 10.5 Å². The molecule has 0 saturated carbocycles. The van der Waals surface area contributed by atoms with E-state index in [2.05, 4.69) is 24.8 Å². The minimum absolute atomic E-state index is 0.0210. The molecule has 0 aliphatic carbocycles. The Balaban J connectivity index is 3.18. The van der Waals surface area contributed by atoms with Crippen molar-refractivity contribution in [3.05, 3.63) is 23.8 Å². The SMILES string of the molecule is CCCN(CCC)c1cccc(OC)c1C(C)N. The van der Waals surface area contributed by atoms with Gasteiger partial charge in [-0.1, -0.05) is 19.9 Å². The van der Waals surface area contributed by atoms with Crippen molar-refractivity contribution in [1.29, 1.82) is 0 Å². The molecule has 0 amide bonds. The number of nitrogens with zero attached hydrogens (tertiary/aromatic N) is 1. The summed E-state index contributed by atoms with van der Waals surface area (Å²) < 4.78 is 5.45. The highest BCUT2D eigenvalue weighted by molar-refractivity contribution is 5.60. The number of ether oxygens (including phenoxy) is 1. The standard InChI is InChI=1S/C15H26N2O/c1-5-10-17(11-6-2)13-8-7-9-14(18-4)15(13)12(3)16/h7-9,12H,5-6,10-11,16H2,1-4H3. The first-order valence-corrected chi connectivity index (χ1v) is 6.83. The van der Waals surface area contributed by atoms with Crippen LogP contribution < -0.4 is 15.4 Å². The number of methoxy groups -OCH3 is 1. The van der Waals surface area contributed by atoms with Crippen molar-refractivity contribution in [1.82, 2.24) is 0 Å². The minimum atomic E-state index is -0.0210. The van der Waals surface area contributed by atoms with E-state index in [0.717, 1.165) is 37.2 Å². The van der Waals surface area contributed by atoms with Gasteiger partial charge in [-0.3, -0.25) is 0 Å². The monoisotopic (exact) mass is 250 g/mol. The van der Waals surface area contributed by atoms with Crippen LogP contribution in [0.1, 0.15) is 45.2 Å². The minimum Gasteiger partial charge on any atom is -0.496 e. The van der Waals surface area contributed by atoms with Crippen molar-refractivity contribution < 1.29 is 4.74 Å². The first-order valence-electron chi connectivity index (χ1n) is 6.83. The molecule has 102 valence electrons. The molecule has 0 aliphatic rings. The van der Waals surface area contributed by atoms with Gasteiger partial charge in [-0.2, -0.15) is 0 Å². The molecule has 1 atom stereocenters. The summed E-state index contributed by atoms with van der Waals surface area (Å²) in [6.45, 7) is 8.53. The van der Waals surface area contributed by atoms with Crippen molar-refractivity contribution >= 4 is 5.69 Å². The maximum atomic E-state index is 6.11. The summed E-state index contributed by atoms with van der Waals surface area (Å²) in [6.07, 6.45) is 2.27. The van der Waals surface area contributed by atoms with Crippen LogP contribution in [0.15, 0.2) is 18.2 Å². The van der Waals surface area contributed by atoms with Gasteiger partial charge < -0.3 is 15.4 Å². The topological polar surface area (TPSA) is 38.5 Å². The summed E-state index contributed by atoms with van der Waals surface area (Å²) in [5.41, 5.74) is 8.44. The molecule has 1 unspecified atom stereocenters. The maximum Gasteiger partial charge on any atom is 0.125 e. The second-order valence-electron chi connectivity index (χ2n) is 4.67. The largest absolute Gasteiger partial charge is 0.496 e. The lowest BCUT2D eigenvalue weighted by atomic mass is 10.0. The normalized spacial score (nSPS) is 12.3. The maximum absolute atomic E-state index is 6.11. The van der Waals surface area contributed by atoms with Crippen molar-refractivity contribution in [2.24, 2.45) is 5.73 Å². The van der Waals surface area contributed by atoms with E-state index in [-0.39, 0.29) is 6.04 Å². The molecular formula is C15H26N2O. The Morgan fingerprint density at radius 2 is 1.83 bits per heavy atom. The first-order chi connectivity index (χ1) is 8.65. The summed E-state index contributed by atoms with van der Waals surface area (Å²) in [7, 11) is 1.70. The third-order valence-corrected chi connectivity index (χ3v) is 3.05. The molecule has 3 heteroatoms. The number of hydrogen-bond donors (Lipinski definition) is 1. The number of anilines is 1. The Labute approximate surface area is 111 Å². The van der Waals surface area contributed by atoms with Gasteiger partial charge in [0.2, 0.25) is 0 Å². The fourth-order valence-electron chi connectivity index (χ4n) is 2.34. The van der Waals surface area contributed by atoms with Crippen LogP contribution in [0.25, 0.3) is 0 Å². The summed E-state index contributed by atoms with van der Waals surface area (Å²) in [5, 5.41) is 0. The summed E-state index contributed by atoms with van der Waals surface area (Å²) in [6, 6.07) is 6.15. The Morgan fingerprint density at radius 3 is 2.28 bits per heavy atom. The predicted molar refractivity (Wildman–Crippen MR) is 78.4 cm³/mol. The Hall–Kier alpha value is -1.22. The van der Waals surface area contributed by atoms with E-state index >= 15 is 0 Å². The van der Waals surface area contributed by atoms with Gasteiger partial charge in [-0.05, 0) is 31.9 Å². The van der Waals surface area contributed by atoms with Crippen molar-refractivity contribution in [2.75, 3.05) is 25.1 Å². The van der Waals surface area contributed by atoms with Gasteiger partial charge in [-0.25, -0.2) is 0 Å². The first kappa shape index (κ1) is 14.8. The molecule has 0 bridgehead atoms. The smallest absolute Gasteiger partial charge is 0.125 e. The van der Waals surface area contributed by atoms with Gasteiger partial charge in [-0.15, -0.1) is 0 Å². The number of hydrogen-bond acceptors (Lipinski definition) is 3.